The van der Waals surface area contributed by atoms with Crippen molar-refractivity contribution in [2.24, 2.45) is 5.92 Å². The monoisotopic (exact) mass is 288 g/mol. The molecule has 0 saturated carbocycles. The van der Waals surface area contributed by atoms with Crippen LogP contribution in [0.3, 0.4) is 0 Å². The minimum absolute atomic E-state index is 0.634. The Hall–Kier alpha value is -1.26. The van der Waals surface area contributed by atoms with Crippen LogP contribution in [-0.2, 0) is 6.54 Å². The van der Waals surface area contributed by atoms with E-state index >= 15 is 0 Å². The zero-order valence-electron chi connectivity index (χ0n) is 12.5. The maximum Gasteiger partial charge on any atom is 0.165 e. The Balaban J connectivity index is 1.45. The number of para-hydroxylation sites is 1. The van der Waals surface area contributed by atoms with Gasteiger partial charge >= 0.3 is 0 Å². The van der Waals surface area contributed by atoms with Crippen LogP contribution in [0.15, 0.2) is 18.2 Å². The number of nitrogens with zero attached hydrogens (tertiary/aromatic N) is 1. The Labute approximate surface area is 126 Å². The van der Waals surface area contributed by atoms with Gasteiger partial charge in [0.2, 0.25) is 0 Å². The summed E-state index contributed by atoms with van der Waals surface area (Å²) >= 11 is 0. The Morgan fingerprint density at radius 2 is 2.00 bits per heavy atom. The van der Waals surface area contributed by atoms with Crippen molar-refractivity contribution in [3.63, 3.8) is 0 Å². The minimum atomic E-state index is 0.634. The Morgan fingerprint density at radius 3 is 2.81 bits per heavy atom. The van der Waals surface area contributed by atoms with Crippen molar-refractivity contribution in [1.29, 1.82) is 0 Å². The Morgan fingerprint density at radius 1 is 1.14 bits per heavy atom. The quantitative estimate of drug-likeness (QED) is 0.923. The van der Waals surface area contributed by atoms with Crippen LogP contribution in [-0.4, -0.2) is 43.8 Å². The van der Waals surface area contributed by atoms with Gasteiger partial charge in [-0.2, -0.15) is 0 Å². The lowest BCUT2D eigenvalue weighted by atomic mass is 9.84. The second-order valence-corrected chi connectivity index (χ2v) is 6.42. The first-order chi connectivity index (χ1) is 10.4. The van der Waals surface area contributed by atoms with E-state index in [1.807, 2.05) is 6.07 Å². The van der Waals surface area contributed by atoms with Gasteiger partial charge < -0.3 is 19.7 Å². The average Bonchev–Trinajstić information content (AvgIpc) is 2.80. The zero-order valence-corrected chi connectivity index (χ0v) is 12.5. The summed E-state index contributed by atoms with van der Waals surface area (Å²) in [5, 5.41) is 3.76. The Kier molecular flexibility index (Phi) is 3.74. The van der Waals surface area contributed by atoms with Gasteiger partial charge in [0.25, 0.3) is 0 Å². The van der Waals surface area contributed by atoms with E-state index in [4.69, 9.17) is 9.47 Å². The third-order valence-corrected chi connectivity index (χ3v) is 5.06. The fraction of sp³-hybridized carbons (Fsp3) is 0.647. The van der Waals surface area contributed by atoms with Crippen molar-refractivity contribution in [2.75, 3.05) is 32.8 Å². The van der Waals surface area contributed by atoms with Crippen molar-refractivity contribution >= 4 is 0 Å². The second kappa shape index (κ2) is 5.85. The molecule has 0 radical (unpaired) electrons. The molecule has 4 heteroatoms. The molecule has 0 amide bonds. The van der Waals surface area contributed by atoms with E-state index in [2.05, 4.69) is 22.3 Å². The highest BCUT2D eigenvalue weighted by molar-refractivity contribution is 5.47. The molecule has 3 saturated heterocycles. The lowest BCUT2D eigenvalue weighted by Crippen LogP contribution is -2.55. The molecule has 2 bridgehead atoms. The molecule has 1 unspecified atom stereocenters. The first-order valence-electron chi connectivity index (χ1n) is 8.23. The summed E-state index contributed by atoms with van der Waals surface area (Å²) in [4.78, 5) is 2.59. The number of benzene rings is 1. The van der Waals surface area contributed by atoms with Crippen LogP contribution < -0.4 is 14.8 Å². The number of nitrogens with one attached hydrogen (secondary N) is 1. The average molecular weight is 288 g/mol. The second-order valence-electron chi connectivity index (χ2n) is 6.42. The molecule has 1 aromatic rings. The summed E-state index contributed by atoms with van der Waals surface area (Å²) in [7, 11) is 0. The van der Waals surface area contributed by atoms with Crippen molar-refractivity contribution in [2.45, 2.75) is 31.8 Å². The molecule has 1 atom stereocenters. The van der Waals surface area contributed by atoms with Crippen molar-refractivity contribution < 1.29 is 9.47 Å². The Bertz CT molecular complexity index is 498. The van der Waals surface area contributed by atoms with Crippen LogP contribution >= 0.6 is 0 Å². The summed E-state index contributed by atoms with van der Waals surface area (Å²) < 4.78 is 11.7. The van der Waals surface area contributed by atoms with Crippen LogP contribution in [0.5, 0.6) is 11.5 Å². The van der Waals surface area contributed by atoms with Crippen LogP contribution in [0.25, 0.3) is 0 Å². The molecule has 4 heterocycles. The molecule has 3 fully saturated rings. The topological polar surface area (TPSA) is 33.7 Å². The van der Waals surface area contributed by atoms with Gasteiger partial charge in [0.05, 0.1) is 13.2 Å². The van der Waals surface area contributed by atoms with Crippen LogP contribution in [0.2, 0.25) is 0 Å². The van der Waals surface area contributed by atoms with E-state index in [9.17, 15) is 0 Å². The van der Waals surface area contributed by atoms with E-state index < -0.39 is 0 Å². The SMILES string of the molecule is c1cc(CNC2CN3CCC2CC3)c2c(c1)OCCCO2. The van der Waals surface area contributed by atoms with E-state index in [0.717, 1.165) is 43.6 Å². The largest absolute Gasteiger partial charge is 0.490 e. The highest BCUT2D eigenvalue weighted by atomic mass is 16.5. The molecule has 1 N–H and O–H groups in total. The standard InChI is InChI=1S/C17H24N2O2/c1-3-14(17-16(4-1)20-9-2-10-21-17)11-18-15-12-19-7-5-13(15)6-8-19/h1,3-4,13,15,18H,2,5-12H2. The van der Waals surface area contributed by atoms with Gasteiger partial charge in [-0.1, -0.05) is 12.1 Å². The van der Waals surface area contributed by atoms with Crippen molar-refractivity contribution in [3.05, 3.63) is 23.8 Å². The van der Waals surface area contributed by atoms with Crippen LogP contribution in [0.1, 0.15) is 24.8 Å². The lowest BCUT2D eigenvalue weighted by Gasteiger charge is -2.45. The number of ether oxygens (including phenoxy) is 2. The van der Waals surface area contributed by atoms with E-state index in [0.29, 0.717) is 6.04 Å². The maximum atomic E-state index is 5.91. The zero-order chi connectivity index (χ0) is 14.1. The molecular weight excluding hydrogens is 264 g/mol. The molecule has 0 aliphatic carbocycles. The molecule has 5 rings (SSSR count). The third kappa shape index (κ3) is 2.74. The predicted octanol–water partition coefficient (Wildman–Crippen LogP) is 2.03. The summed E-state index contributed by atoms with van der Waals surface area (Å²) in [6.07, 6.45) is 3.66. The van der Waals surface area contributed by atoms with E-state index in [1.165, 1.54) is 38.0 Å². The van der Waals surface area contributed by atoms with Gasteiger partial charge in [-0.25, -0.2) is 0 Å². The molecule has 0 aromatic heterocycles. The van der Waals surface area contributed by atoms with Gasteiger partial charge in [-0.15, -0.1) is 0 Å². The molecule has 1 aromatic carbocycles. The molecule has 114 valence electrons. The molecule has 4 aliphatic rings. The first-order valence-corrected chi connectivity index (χ1v) is 8.23. The van der Waals surface area contributed by atoms with Gasteiger partial charge in [0, 0.05) is 31.1 Å². The smallest absolute Gasteiger partial charge is 0.165 e. The fourth-order valence-corrected chi connectivity index (χ4v) is 3.83. The molecule has 4 nitrogen and oxygen atoms in total. The number of piperidine rings is 3. The van der Waals surface area contributed by atoms with Crippen LogP contribution in [0.4, 0.5) is 0 Å². The number of rotatable bonds is 3. The number of fused-ring (bicyclic) bond motifs is 4. The highest BCUT2D eigenvalue weighted by Gasteiger charge is 2.33. The third-order valence-electron chi connectivity index (χ3n) is 5.06. The predicted molar refractivity (Wildman–Crippen MR) is 81.8 cm³/mol. The summed E-state index contributed by atoms with van der Waals surface area (Å²) in [5.41, 5.74) is 1.23. The summed E-state index contributed by atoms with van der Waals surface area (Å²) in [5.74, 6) is 2.71. The van der Waals surface area contributed by atoms with Gasteiger partial charge in [-0.3, -0.25) is 0 Å². The normalized spacial score (nSPS) is 31.0. The number of hydrogen-bond donors (Lipinski definition) is 1. The lowest BCUT2D eigenvalue weighted by molar-refractivity contribution is 0.0719. The summed E-state index contributed by atoms with van der Waals surface area (Å²) in [6, 6.07) is 6.87. The molecule has 4 aliphatic heterocycles. The minimum Gasteiger partial charge on any atom is -0.490 e. The highest BCUT2D eigenvalue weighted by Crippen LogP contribution is 2.34. The summed E-state index contributed by atoms with van der Waals surface area (Å²) in [6.45, 7) is 6.17. The van der Waals surface area contributed by atoms with E-state index in [1.54, 1.807) is 0 Å². The molecular formula is C17H24N2O2. The molecule has 21 heavy (non-hydrogen) atoms. The van der Waals surface area contributed by atoms with Gasteiger partial charge in [0.15, 0.2) is 11.5 Å². The van der Waals surface area contributed by atoms with Crippen LogP contribution in [0, 0.1) is 5.92 Å². The first kappa shape index (κ1) is 13.4. The van der Waals surface area contributed by atoms with Crippen molar-refractivity contribution in [1.82, 2.24) is 10.2 Å². The maximum absolute atomic E-state index is 5.91. The molecule has 0 spiro atoms. The van der Waals surface area contributed by atoms with Crippen molar-refractivity contribution in [3.8, 4) is 11.5 Å². The van der Waals surface area contributed by atoms with Gasteiger partial charge in [-0.05, 0) is 37.9 Å². The fourth-order valence-electron chi connectivity index (χ4n) is 3.83. The number of hydrogen-bond acceptors (Lipinski definition) is 4. The van der Waals surface area contributed by atoms with Gasteiger partial charge in [0.1, 0.15) is 0 Å². The van der Waals surface area contributed by atoms with E-state index in [-0.39, 0.29) is 0 Å².